The maximum atomic E-state index is 10.8. The van der Waals surface area contributed by atoms with Crippen LogP contribution in [0.4, 0.5) is 0 Å². The molecule has 2 aliphatic rings. The van der Waals surface area contributed by atoms with E-state index in [-0.39, 0.29) is 12.1 Å². The second kappa shape index (κ2) is 6.00. The maximum Gasteiger partial charge on any atom is 0.0961 e. The molecule has 1 N–H and O–H groups in total. The van der Waals surface area contributed by atoms with E-state index in [1.807, 2.05) is 36.9 Å². The largest absolute Gasteiger partial charge is 0.472 e. The van der Waals surface area contributed by atoms with Crippen molar-refractivity contribution in [1.82, 2.24) is 14.5 Å². The molecule has 1 saturated heterocycles. The predicted molar refractivity (Wildman–Crippen MR) is 95.0 cm³/mol. The molecule has 5 rings (SSSR count). The number of furan rings is 1. The van der Waals surface area contributed by atoms with Crippen molar-refractivity contribution in [3.63, 3.8) is 0 Å². The number of nitrogens with zero attached hydrogens (tertiary/aromatic N) is 3. The van der Waals surface area contributed by atoms with E-state index in [9.17, 15) is 5.11 Å². The molecule has 2 aromatic heterocycles. The zero-order chi connectivity index (χ0) is 16.8. The van der Waals surface area contributed by atoms with Gasteiger partial charge >= 0.3 is 0 Å². The van der Waals surface area contributed by atoms with Crippen molar-refractivity contribution in [3.8, 4) is 0 Å². The Hall–Kier alpha value is -2.11. The zero-order valence-electron chi connectivity index (χ0n) is 14.2. The van der Waals surface area contributed by atoms with Gasteiger partial charge in [0.25, 0.3) is 0 Å². The molecular weight excluding hydrogens is 314 g/mol. The number of aliphatic hydroxyl groups excluding tert-OH is 1. The van der Waals surface area contributed by atoms with Crippen LogP contribution in [0.1, 0.15) is 24.4 Å². The third-order valence-electron chi connectivity index (χ3n) is 6.01. The van der Waals surface area contributed by atoms with E-state index in [4.69, 9.17) is 4.42 Å². The van der Waals surface area contributed by atoms with Gasteiger partial charge in [0.15, 0.2) is 0 Å². The van der Waals surface area contributed by atoms with E-state index >= 15 is 0 Å². The quantitative estimate of drug-likeness (QED) is 0.798. The fourth-order valence-corrected chi connectivity index (χ4v) is 4.82. The van der Waals surface area contributed by atoms with Crippen LogP contribution in [0, 0.1) is 11.8 Å². The van der Waals surface area contributed by atoms with E-state index < -0.39 is 0 Å². The first kappa shape index (κ1) is 15.2. The third-order valence-corrected chi connectivity index (χ3v) is 6.01. The van der Waals surface area contributed by atoms with Crippen LogP contribution in [0.2, 0.25) is 0 Å². The molecule has 25 heavy (non-hydrogen) atoms. The Balaban J connectivity index is 1.35. The van der Waals surface area contributed by atoms with Gasteiger partial charge in [0.1, 0.15) is 0 Å². The monoisotopic (exact) mass is 337 g/mol. The minimum atomic E-state index is -0.298. The molecule has 3 aromatic rings. The highest BCUT2D eigenvalue weighted by Gasteiger charge is 2.42. The van der Waals surface area contributed by atoms with Crippen molar-refractivity contribution in [3.05, 3.63) is 54.7 Å². The molecule has 0 radical (unpaired) electrons. The molecule has 1 aliphatic heterocycles. The minimum Gasteiger partial charge on any atom is -0.472 e. The van der Waals surface area contributed by atoms with Gasteiger partial charge in [-0.3, -0.25) is 4.90 Å². The number of likely N-dealkylation sites (tertiary alicyclic amines) is 1. The molecule has 5 heteroatoms. The predicted octanol–water partition coefficient (Wildman–Crippen LogP) is 3.07. The fraction of sp³-hybridized carbons (Fsp3) is 0.450. The Morgan fingerprint density at radius 2 is 1.96 bits per heavy atom. The number of para-hydroxylation sites is 2. The van der Waals surface area contributed by atoms with Crippen LogP contribution in [-0.4, -0.2) is 38.8 Å². The van der Waals surface area contributed by atoms with Gasteiger partial charge in [-0.05, 0) is 42.9 Å². The lowest BCUT2D eigenvalue weighted by Crippen LogP contribution is -2.36. The van der Waals surface area contributed by atoms with Gasteiger partial charge in [-0.2, -0.15) is 0 Å². The van der Waals surface area contributed by atoms with Crippen LogP contribution in [-0.2, 0) is 6.54 Å². The van der Waals surface area contributed by atoms with Crippen LogP contribution in [0.3, 0.4) is 0 Å². The summed E-state index contributed by atoms with van der Waals surface area (Å²) in [6, 6.07) is 10.4. The minimum absolute atomic E-state index is 0.127. The summed E-state index contributed by atoms with van der Waals surface area (Å²) in [7, 11) is 0. The number of hydrogen-bond acceptors (Lipinski definition) is 4. The topological polar surface area (TPSA) is 54.4 Å². The highest BCUT2D eigenvalue weighted by Crippen LogP contribution is 2.42. The van der Waals surface area contributed by atoms with Gasteiger partial charge in [0, 0.05) is 25.2 Å². The second-order valence-corrected chi connectivity index (χ2v) is 7.59. The lowest BCUT2D eigenvalue weighted by Gasteiger charge is -2.36. The molecule has 2 fully saturated rings. The van der Waals surface area contributed by atoms with Gasteiger partial charge in [0.2, 0.25) is 0 Å². The van der Waals surface area contributed by atoms with E-state index in [1.165, 1.54) is 5.56 Å². The third kappa shape index (κ3) is 2.68. The summed E-state index contributed by atoms with van der Waals surface area (Å²) in [6.07, 6.45) is 7.07. The Kier molecular flexibility index (Phi) is 3.64. The second-order valence-electron chi connectivity index (χ2n) is 7.59. The highest BCUT2D eigenvalue weighted by molar-refractivity contribution is 5.75. The summed E-state index contributed by atoms with van der Waals surface area (Å²) in [6.45, 7) is 3.12. The summed E-state index contributed by atoms with van der Waals surface area (Å²) >= 11 is 0. The lowest BCUT2D eigenvalue weighted by atomic mass is 9.77. The molecule has 0 spiro atoms. The molecule has 130 valence electrons. The summed E-state index contributed by atoms with van der Waals surface area (Å²) in [4.78, 5) is 7.01. The molecule has 1 aliphatic carbocycles. The molecule has 0 bridgehead atoms. The molecule has 3 heterocycles. The number of aliphatic hydroxyl groups is 1. The highest BCUT2D eigenvalue weighted by atomic mass is 16.3. The number of rotatable bonds is 3. The average Bonchev–Trinajstić information content (AvgIpc) is 3.33. The van der Waals surface area contributed by atoms with E-state index in [0.717, 1.165) is 43.5 Å². The number of fused-ring (bicyclic) bond motifs is 2. The van der Waals surface area contributed by atoms with Crippen molar-refractivity contribution in [2.45, 2.75) is 31.5 Å². The van der Waals surface area contributed by atoms with Gasteiger partial charge in [-0.1, -0.05) is 12.1 Å². The Morgan fingerprint density at radius 1 is 1.12 bits per heavy atom. The average molecular weight is 337 g/mol. The van der Waals surface area contributed by atoms with Crippen LogP contribution in [0.25, 0.3) is 11.0 Å². The normalized spacial score (nSPS) is 30.0. The fourth-order valence-electron chi connectivity index (χ4n) is 4.82. The molecule has 1 aromatic carbocycles. The molecule has 4 atom stereocenters. The van der Waals surface area contributed by atoms with Crippen LogP contribution in [0.15, 0.2) is 53.6 Å². The van der Waals surface area contributed by atoms with E-state index in [1.54, 1.807) is 6.26 Å². The Bertz CT molecular complexity index is 857. The van der Waals surface area contributed by atoms with Gasteiger partial charge in [-0.15, -0.1) is 0 Å². The van der Waals surface area contributed by atoms with Crippen LogP contribution in [0.5, 0.6) is 0 Å². The van der Waals surface area contributed by atoms with Gasteiger partial charge in [0.05, 0.1) is 42.0 Å². The SMILES string of the molecule is O[C@@H]1C[C@H]2CN(Cc3ccoc3)C[C@H]2C[C@H]1n1cnc2ccccc21. The summed E-state index contributed by atoms with van der Waals surface area (Å²) < 4.78 is 7.38. The number of hydrogen-bond donors (Lipinski definition) is 1. The summed E-state index contributed by atoms with van der Waals surface area (Å²) in [5, 5.41) is 10.8. The smallest absolute Gasteiger partial charge is 0.0961 e. The molecule has 0 amide bonds. The number of imidazole rings is 1. The van der Waals surface area contributed by atoms with Crippen molar-refractivity contribution >= 4 is 11.0 Å². The van der Waals surface area contributed by atoms with Crippen molar-refractivity contribution in [2.24, 2.45) is 11.8 Å². The van der Waals surface area contributed by atoms with Gasteiger partial charge < -0.3 is 14.1 Å². The Morgan fingerprint density at radius 3 is 2.80 bits per heavy atom. The van der Waals surface area contributed by atoms with Crippen molar-refractivity contribution in [1.29, 1.82) is 0 Å². The first-order valence-electron chi connectivity index (χ1n) is 9.11. The van der Waals surface area contributed by atoms with E-state index in [2.05, 4.69) is 20.5 Å². The maximum absolute atomic E-state index is 10.8. The van der Waals surface area contributed by atoms with Crippen molar-refractivity contribution < 1.29 is 9.52 Å². The summed E-state index contributed by atoms with van der Waals surface area (Å²) in [5.74, 6) is 1.23. The van der Waals surface area contributed by atoms with Crippen LogP contribution < -0.4 is 0 Å². The number of benzene rings is 1. The molecule has 0 unspecified atom stereocenters. The van der Waals surface area contributed by atoms with Gasteiger partial charge in [-0.25, -0.2) is 4.98 Å². The Labute approximate surface area is 146 Å². The lowest BCUT2D eigenvalue weighted by molar-refractivity contribution is 0.0374. The first-order valence-corrected chi connectivity index (χ1v) is 9.11. The standard InChI is InChI=1S/C20H23N3O2/c24-20-8-16-11-22(9-14-5-6-25-12-14)10-15(16)7-19(20)23-13-21-17-3-1-2-4-18(17)23/h1-6,12-13,15-16,19-20,24H,7-11H2/t15-,16+,19-,20-/m1/s1. The number of aromatic nitrogens is 2. The molecule has 1 saturated carbocycles. The van der Waals surface area contributed by atoms with E-state index in [0.29, 0.717) is 11.8 Å². The first-order chi connectivity index (χ1) is 12.3. The molecular formula is C20H23N3O2. The summed E-state index contributed by atoms with van der Waals surface area (Å²) in [5.41, 5.74) is 3.36. The van der Waals surface area contributed by atoms with Crippen LogP contribution >= 0.6 is 0 Å². The molecule has 5 nitrogen and oxygen atoms in total. The zero-order valence-corrected chi connectivity index (χ0v) is 14.2. The van der Waals surface area contributed by atoms with Crippen molar-refractivity contribution in [2.75, 3.05) is 13.1 Å².